The molecule has 10 unspecified atom stereocenters. The van der Waals surface area contributed by atoms with Crippen LogP contribution < -0.4 is 0 Å². The topological polar surface area (TPSA) is 29.5 Å². The first-order chi connectivity index (χ1) is 9.28. The maximum Gasteiger partial charge on any atom is 0.0983 e. The number of aliphatic hydroxyl groups excluding tert-OH is 1. The van der Waals surface area contributed by atoms with Gasteiger partial charge in [-0.2, -0.15) is 0 Å². The van der Waals surface area contributed by atoms with Crippen LogP contribution in [-0.4, -0.2) is 17.3 Å². The first kappa shape index (κ1) is 11.2. The van der Waals surface area contributed by atoms with Crippen LogP contribution in [0.3, 0.4) is 0 Å². The van der Waals surface area contributed by atoms with Crippen LogP contribution in [-0.2, 0) is 4.74 Å². The molecular weight excluding hydrogens is 236 g/mol. The van der Waals surface area contributed by atoms with Crippen molar-refractivity contribution in [3.8, 4) is 0 Å². The van der Waals surface area contributed by atoms with E-state index < -0.39 is 0 Å². The predicted molar refractivity (Wildman–Crippen MR) is 72.1 cm³/mol. The number of ether oxygens (including phenoxy) is 1. The summed E-state index contributed by atoms with van der Waals surface area (Å²) in [6.45, 7) is 3.72. The highest BCUT2D eigenvalue weighted by Gasteiger charge is 2.68. The molecule has 0 aromatic carbocycles. The third-order valence-corrected chi connectivity index (χ3v) is 7.64. The van der Waals surface area contributed by atoms with Gasteiger partial charge in [0.2, 0.25) is 0 Å². The molecule has 0 aliphatic heterocycles. The summed E-state index contributed by atoms with van der Waals surface area (Å²) in [5.41, 5.74) is 0. The maximum atomic E-state index is 10.2. The zero-order valence-electron chi connectivity index (χ0n) is 11.4. The molecule has 5 rings (SSSR count). The van der Waals surface area contributed by atoms with Gasteiger partial charge in [-0.05, 0) is 79.4 Å². The van der Waals surface area contributed by atoms with Crippen molar-refractivity contribution in [1.29, 1.82) is 0 Å². The zero-order valence-corrected chi connectivity index (χ0v) is 11.4. The van der Waals surface area contributed by atoms with Crippen LogP contribution in [0.1, 0.15) is 32.1 Å². The van der Waals surface area contributed by atoms with Gasteiger partial charge in [-0.1, -0.05) is 6.58 Å². The molecule has 0 saturated heterocycles. The second-order valence-electron chi connectivity index (χ2n) is 7.90. The molecule has 19 heavy (non-hydrogen) atoms. The fourth-order valence-electron chi connectivity index (χ4n) is 7.49. The van der Waals surface area contributed by atoms with Gasteiger partial charge in [0.05, 0.1) is 18.5 Å². The number of fused-ring (bicyclic) bond motifs is 12. The maximum absolute atomic E-state index is 10.2. The first-order valence-electron chi connectivity index (χ1n) is 8.22. The van der Waals surface area contributed by atoms with Gasteiger partial charge in [-0.3, -0.25) is 0 Å². The van der Waals surface area contributed by atoms with E-state index in [2.05, 4.69) is 6.58 Å². The molecule has 1 N–H and O–H groups in total. The highest BCUT2D eigenvalue weighted by atomic mass is 16.5. The van der Waals surface area contributed by atoms with Crippen LogP contribution in [0.2, 0.25) is 0 Å². The molecule has 5 fully saturated rings. The lowest BCUT2D eigenvalue weighted by atomic mass is 9.64. The fraction of sp³-hybridized carbons (Fsp3) is 0.882. The molecule has 0 radical (unpaired) electrons. The van der Waals surface area contributed by atoms with E-state index in [0.29, 0.717) is 12.0 Å². The fourth-order valence-corrected chi connectivity index (χ4v) is 7.49. The predicted octanol–water partition coefficient (Wildman–Crippen LogP) is 2.82. The summed E-state index contributed by atoms with van der Waals surface area (Å²) >= 11 is 0. The smallest absolute Gasteiger partial charge is 0.0983 e. The molecule has 4 bridgehead atoms. The van der Waals surface area contributed by atoms with Crippen LogP contribution in [0.15, 0.2) is 12.8 Å². The van der Waals surface area contributed by atoms with Crippen LogP contribution in [0.4, 0.5) is 0 Å². The molecule has 0 spiro atoms. The van der Waals surface area contributed by atoms with Crippen molar-refractivity contribution in [2.75, 3.05) is 0 Å². The Labute approximate surface area is 115 Å². The van der Waals surface area contributed by atoms with Crippen LogP contribution in [0.5, 0.6) is 0 Å². The summed E-state index contributed by atoms with van der Waals surface area (Å²) < 4.78 is 5.69. The van der Waals surface area contributed by atoms with Crippen molar-refractivity contribution in [3.05, 3.63) is 12.8 Å². The molecule has 104 valence electrons. The number of aliphatic hydroxyl groups is 1. The second-order valence-corrected chi connectivity index (χ2v) is 7.90. The van der Waals surface area contributed by atoms with E-state index >= 15 is 0 Å². The Morgan fingerprint density at radius 2 is 1.58 bits per heavy atom. The second kappa shape index (κ2) is 3.58. The third kappa shape index (κ3) is 1.23. The van der Waals surface area contributed by atoms with E-state index in [4.69, 9.17) is 4.74 Å². The molecule has 5 saturated carbocycles. The Balaban J connectivity index is 1.44. The standard InChI is InChI=1S/C17H24O2/c1-2-19-9-5-10-11(6-9)13-7-12(10)16-8-3-14(17(13)16)15(18)4-8/h2,8-18H,1,3-7H2. The zero-order chi connectivity index (χ0) is 12.7. The molecule has 2 heteroatoms. The number of rotatable bonds is 2. The molecule has 0 aromatic heterocycles. The molecule has 5 aliphatic carbocycles. The van der Waals surface area contributed by atoms with Crippen molar-refractivity contribution in [2.45, 2.75) is 44.3 Å². The van der Waals surface area contributed by atoms with Gasteiger partial charge in [-0.25, -0.2) is 0 Å². The average Bonchev–Trinajstić information content (AvgIpc) is 3.07. The molecular formula is C17H24O2. The van der Waals surface area contributed by atoms with Crippen molar-refractivity contribution in [3.63, 3.8) is 0 Å². The van der Waals surface area contributed by atoms with Crippen molar-refractivity contribution in [2.24, 2.45) is 47.3 Å². The average molecular weight is 260 g/mol. The van der Waals surface area contributed by atoms with Gasteiger partial charge in [0.1, 0.15) is 0 Å². The summed E-state index contributed by atoms with van der Waals surface area (Å²) in [5, 5.41) is 10.2. The minimum absolute atomic E-state index is 0.0330. The summed E-state index contributed by atoms with van der Waals surface area (Å²) in [7, 11) is 0. The minimum atomic E-state index is 0.0330. The van der Waals surface area contributed by atoms with E-state index in [-0.39, 0.29) is 6.10 Å². The summed E-state index contributed by atoms with van der Waals surface area (Å²) in [5.74, 6) is 7.11. The third-order valence-electron chi connectivity index (χ3n) is 7.64. The lowest BCUT2D eigenvalue weighted by molar-refractivity contribution is -0.000117. The van der Waals surface area contributed by atoms with Crippen molar-refractivity contribution < 1.29 is 9.84 Å². The Morgan fingerprint density at radius 1 is 0.842 bits per heavy atom. The van der Waals surface area contributed by atoms with Crippen molar-refractivity contribution >= 4 is 0 Å². The van der Waals surface area contributed by atoms with Gasteiger partial charge in [0.15, 0.2) is 0 Å². The first-order valence-corrected chi connectivity index (χ1v) is 8.22. The molecule has 10 atom stereocenters. The monoisotopic (exact) mass is 260 g/mol. The minimum Gasteiger partial charge on any atom is -0.499 e. The molecule has 5 aliphatic rings. The normalized spacial score (nSPS) is 64.3. The van der Waals surface area contributed by atoms with E-state index in [9.17, 15) is 5.11 Å². The highest BCUT2D eigenvalue weighted by Crippen LogP contribution is 2.72. The number of hydrogen-bond donors (Lipinski definition) is 1. The molecule has 0 amide bonds. The summed E-state index contributed by atoms with van der Waals surface area (Å²) in [6.07, 6.45) is 8.59. The largest absolute Gasteiger partial charge is 0.499 e. The summed E-state index contributed by atoms with van der Waals surface area (Å²) in [6, 6.07) is 0. The van der Waals surface area contributed by atoms with E-state index in [0.717, 1.165) is 47.8 Å². The Kier molecular flexibility index (Phi) is 2.11. The highest BCUT2D eigenvalue weighted by molar-refractivity contribution is 5.16. The Morgan fingerprint density at radius 3 is 2.32 bits per heavy atom. The van der Waals surface area contributed by atoms with E-state index in [1.807, 2.05) is 0 Å². The Hall–Kier alpha value is -0.500. The van der Waals surface area contributed by atoms with Gasteiger partial charge < -0.3 is 9.84 Å². The molecule has 2 nitrogen and oxygen atoms in total. The number of hydrogen-bond acceptors (Lipinski definition) is 2. The van der Waals surface area contributed by atoms with Gasteiger partial charge in [0, 0.05) is 0 Å². The lowest BCUT2D eigenvalue weighted by Gasteiger charge is -2.42. The molecule has 0 aromatic rings. The van der Waals surface area contributed by atoms with Crippen molar-refractivity contribution in [1.82, 2.24) is 0 Å². The lowest BCUT2D eigenvalue weighted by Crippen LogP contribution is -2.40. The van der Waals surface area contributed by atoms with Crippen LogP contribution in [0.25, 0.3) is 0 Å². The van der Waals surface area contributed by atoms with E-state index in [1.165, 1.54) is 25.7 Å². The van der Waals surface area contributed by atoms with Crippen LogP contribution in [0, 0.1) is 47.3 Å². The summed E-state index contributed by atoms with van der Waals surface area (Å²) in [4.78, 5) is 0. The van der Waals surface area contributed by atoms with Gasteiger partial charge >= 0.3 is 0 Å². The van der Waals surface area contributed by atoms with Gasteiger partial charge in [0.25, 0.3) is 0 Å². The van der Waals surface area contributed by atoms with Gasteiger partial charge in [-0.15, -0.1) is 0 Å². The quantitative estimate of drug-likeness (QED) is 0.611. The SMILES string of the molecule is C=COC1CC2C(C1)C1CC2C2C3CC(O)C(C3)C12. The van der Waals surface area contributed by atoms with E-state index in [1.54, 1.807) is 6.26 Å². The Bertz CT molecular complexity index is 419. The molecule has 0 heterocycles. The van der Waals surface area contributed by atoms with Crippen LogP contribution >= 0.6 is 0 Å².